The van der Waals surface area contributed by atoms with E-state index in [0.717, 1.165) is 0 Å². The summed E-state index contributed by atoms with van der Waals surface area (Å²) < 4.78 is 51.4. The Labute approximate surface area is 105 Å². The molecule has 102 valence electrons. The predicted octanol–water partition coefficient (Wildman–Crippen LogP) is 1.93. The fraction of sp³-hybridized carbons (Fsp3) is 0.300. The molecule has 2 rings (SSSR count). The minimum Gasteiger partial charge on any atom is -0.399 e. The number of rotatable bonds is 2. The van der Waals surface area contributed by atoms with Gasteiger partial charge >= 0.3 is 6.18 Å². The molecule has 1 aromatic carbocycles. The monoisotopic (exact) mass is 275 g/mol. The molecule has 0 aliphatic carbocycles. The van der Waals surface area contributed by atoms with Crippen molar-refractivity contribution in [3.8, 4) is 11.4 Å². The number of nitrogen functional groups attached to an aromatic ring is 1. The van der Waals surface area contributed by atoms with E-state index in [-0.39, 0.29) is 22.6 Å². The zero-order chi connectivity index (χ0) is 14.2. The van der Waals surface area contributed by atoms with E-state index in [2.05, 4.69) is 15.5 Å². The number of nitrogens with two attached hydrogens (primary N) is 1. The van der Waals surface area contributed by atoms with Crippen LogP contribution < -0.4 is 5.73 Å². The van der Waals surface area contributed by atoms with Crippen molar-refractivity contribution in [3.05, 3.63) is 23.5 Å². The number of hydrogen-bond acceptors (Lipinski definition) is 4. The van der Waals surface area contributed by atoms with Crippen LogP contribution in [0.5, 0.6) is 0 Å². The number of anilines is 1. The van der Waals surface area contributed by atoms with Gasteiger partial charge < -0.3 is 5.73 Å². The van der Waals surface area contributed by atoms with Gasteiger partial charge in [0.2, 0.25) is 0 Å². The Morgan fingerprint density at radius 2 is 2.00 bits per heavy atom. The molecule has 0 aliphatic heterocycles. The highest BCUT2D eigenvalue weighted by molar-refractivity contribution is 5.63. The molecule has 2 N–H and O–H groups in total. The lowest BCUT2D eigenvalue weighted by atomic mass is 10.1. The van der Waals surface area contributed by atoms with Gasteiger partial charge in [-0.05, 0) is 35.0 Å². The van der Waals surface area contributed by atoms with Gasteiger partial charge in [-0.1, -0.05) is 0 Å². The Morgan fingerprint density at radius 3 is 2.63 bits per heavy atom. The molecule has 0 aliphatic rings. The lowest BCUT2D eigenvalue weighted by molar-refractivity contribution is -0.142. The second-order valence-corrected chi connectivity index (χ2v) is 3.97. The third-order valence-electron chi connectivity index (χ3n) is 2.38. The largest absolute Gasteiger partial charge is 0.408 e. The van der Waals surface area contributed by atoms with E-state index in [4.69, 9.17) is 5.73 Å². The minimum absolute atomic E-state index is 0.160. The topological polar surface area (TPSA) is 69.6 Å². The summed E-state index contributed by atoms with van der Waals surface area (Å²) in [7, 11) is 0. The average Bonchev–Trinajstić information content (AvgIpc) is 2.68. The third kappa shape index (κ3) is 2.80. The van der Waals surface area contributed by atoms with Crippen LogP contribution in [0.25, 0.3) is 11.4 Å². The van der Waals surface area contributed by atoms with Gasteiger partial charge in [-0.3, -0.25) is 0 Å². The zero-order valence-electron chi connectivity index (χ0n) is 9.74. The van der Waals surface area contributed by atoms with Gasteiger partial charge in [0.25, 0.3) is 0 Å². The quantitative estimate of drug-likeness (QED) is 0.671. The summed E-state index contributed by atoms with van der Waals surface area (Å²) in [5, 5.41) is 9.77. The number of benzene rings is 1. The Balaban J connectivity index is 2.52. The van der Waals surface area contributed by atoms with Crippen molar-refractivity contribution in [2.75, 3.05) is 5.73 Å². The van der Waals surface area contributed by atoms with Crippen LogP contribution >= 0.6 is 0 Å². The number of aryl methyl sites for hydroxylation is 1. The summed E-state index contributed by atoms with van der Waals surface area (Å²) in [6, 6.07) is 2.57. The van der Waals surface area contributed by atoms with E-state index in [1.165, 1.54) is 19.1 Å². The van der Waals surface area contributed by atoms with Crippen LogP contribution in [0, 0.1) is 12.7 Å². The van der Waals surface area contributed by atoms with Gasteiger partial charge in [0.15, 0.2) is 5.82 Å². The second-order valence-electron chi connectivity index (χ2n) is 3.97. The molecule has 0 fully saturated rings. The molecule has 1 heterocycles. The third-order valence-corrected chi connectivity index (χ3v) is 2.38. The van der Waals surface area contributed by atoms with Gasteiger partial charge in [-0.2, -0.15) is 13.2 Å². The fourth-order valence-electron chi connectivity index (χ4n) is 1.63. The van der Waals surface area contributed by atoms with E-state index in [0.29, 0.717) is 4.68 Å². The summed E-state index contributed by atoms with van der Waals surface area (Å²) in [6.07, 6.45) is -4.50. The first kappa shape index (κ1) is 13.2. The number of tetrazole rings is 1. The molecule has 0 unspecified atom stereocenters. The van der Waals surface area contributed by atoms with Crippen molar-refractivity contribution in [3.63, 3.8) is 0 Å². The smallest absolute Gasteiger partial charge is 0.399 e. The first-order valence-electron chi connectivity index (χ1n) is 5.17. The van der Waals surface area contributed by atoms with Crippen LogP contribution in [-0.4, -0.2) is 26.4 Å². The first-order chi connectivity index (χ1) is 8.78. The summed E-state index contributed by atoms with van der Waals surface area (Å²) >= 11 is 0. The van der Waals surface area contributed by atoms with Crippen molar-refractivity contribution in [1.29, 1.82) is 0 Å². The number of aromatic nitrogens is 4. The minimum atomic E-state index is -4.50. The highest BCUT2D eigenvalue weighted by atomic mass is 19.4. The van der Waals surface area contributed by atoms with Crippen molar-refractivity contribution < 1.29 is 17.6 Å². The molecule has 19 heavy (non-hydrogen) atoms. The molecule has 5 nitrogen and oxygen atoms in total. The van der Waals surface area contributed by atoms with Crippen LogP contribution in [0.1, 0.15) is 5.56 Å². The van der Waals surface area contributed by atoms with Crippen molar-refractivity contribution in [1.82, 2.24) is 20.2 Å². The van der Waals surface area contributed by atoms with Crippen LogP contribution in [0.15, 0.2) is 12.1 Å². The van der Waals surface area contributed by atoms with Crippen molar-refractivity contribution >= 4 is 5.69 Å². The standard InChI is InChI=1S/C10H9F4N5/c1-5-2-6(15)3-7(8(5)11)9-16-17-18-19(9)4-10(12,13)14/h2-3H,4,15H2,1H3. The number of alkyl halides is 3. The van der Waals surface area contributed by atoms with Gasteiger partial charge in [0, 0.05) is 5.69 Å². The molecule has 1 aromatic heterocycles. The molecule has 0 bridgehead atoms. The maximum Gasteiger partial charge on any atom is 0.408 e. The lowest BCUT2D eigenvalue weighted by Crippen LogP contribution is -2.19. The summed E-state index contributed by atoms with van der Waals surface area (Å²) in [5.41, 5.74) is 5.81. The molecule has 0 amide bonds. The van der Waals surface area contributed by atoms with Crippen LogP contribution in [-0.2, 0) is 6.54 Å². The summed E-state index contributed by atoms with van der Waals surface area (Å²) in [5.74, 6) is -1.02. The molecule has 0 atom stereocenters. The fourth-order valence-corrected chi connectivity index (χ4v) is 1.63. The van der Waals surface area contributed by atoms with E-state index < -0.39 is 18.5 Å². The predicted molar refractivity (Wildman–Crippen MR) is 58.4 cm³/mol. The molecule has 9 heteroatoms. The summed E-state index contributed by atoms with van der Waals surface area (Å²) in [4.78, 5) is 0. The molecular formula is C10H9F4N5. The van der Waals surface area contributed by atoms with E-state index >= 15 is 0 Å². The van der Waals surface area contributed by atoms with E-state index in [9.17, 15) is 17.6 Å². The highest BCUT2D eigenvalue weighted by Crippen LogP contribution is 2.27. The van der Waals surface area contributed by atoms with Crippen molar-refractivity contribution in [2.24, 2.45) is 0 Å². The number of nitrogens with zero attached hydrogens (tertiary/aromatic N) is 4. The van der Waals surface area contributed by atoms with Crippen LogP contribution in [0.4, 0.5) is 23.2 Å². The maximum atomic E-state index is 13.9. The SMILES string of the molecule is Cc1cc(N)cc(-c2nnnn2CC(F)(F)F)c1F. The molecular weight excluding hydrogens is 266 g/mol. The molecule has 2 aromatic rings. The Kier molecular flexibility index (Phi) is 3.13. The summed E-state index contributed by atoms with van der Waals surface area (Å²) in [6.45, 7) is 0.0513. The average molecular weight is 275 g/mol. The maximum absolute atomic E-state index is 13.9. The number of hydrogen-bond donors (Lipinski definition) is 1. The van der Waals surface area contributed by atoms with Gasteiger partial charge in [-0.25, -0.2) is 9.07 Å². The molecule has 0 saturated heterocycles. The number of halogens is 4. The van der Waals surface area contributed by atoms with Gasteiger partial charge in [0.1, 0.15) is 12.4 Å². The highest BCUT2D eigenvalue weighted by Gasteiger charge is 2.31. The van der Waals surface area contributed by atoms with E-state index in [1.54, 1.807) is 0 Å². The van der Waals surface area contributed by atoms with Crippen molar-refractivity contribution in [2.45, 2.75) is 19.6 Å². The van der Waals surface area contributed by atoms with Crippen LogP contribution in [0.3, 0.4) is 0 Å². The molecule has 0 spiro atoms. The lowest BCUT2D eigenvalue weighted by Gasteiger charge is -2.10. The Bertz CT molecular complexity index is 604. The Hall–Kier alpha value is -2.19. The van der Waals surface area contributed by atoms with Gasteiger partial charge in [-0.15, -0.1) is 5.10 Å². The Morgan fingerprint density at radius 1 is 1.32 bits per heavy atom. The van der Waals surface area contributed by atoms with Crippen LogP contribution in [0.2, 0.25) is 0 Å². The van der Waals surface area contributed by atoms with Gasteiger partial charge in [0.05, 0.1) is 5.56 Å². The molecule has 0 saturated carbocycles. The first-order valence-corrected chi connectivity index (χ1v) is 5.17. The second kappa shape index (κ2) is 4.48. The molecule has 0 radical (unpaired) electrons. The normalized spacial score (nSPS) is 11.8. The zero-order valence-corrected chi connectivity index (χ0v) is 9.74. The van der Waals surface area contributed by atoms with E-state index in [1.807, 2.05) is 0 Å².